The fourth-order valence-corrected chi connectivity index (χ4v) is 5.58. The number of hydrogen-bond donors (Lipinski definition) is 1. The van der Waals surface area contributed by atoms with Gasteiger partial charge in [-0.05, 0) is 70.4 Å². The molecule has 2 aromatic rings. The Morgan fingerprint density at radius 2 is 1.84 bits per heavy atom. The molecule has 1 aliphatic heterocycles. The maximum Gasteiger partial charge on any atom is 0.410 e. The molecule has 240 valence electrons. The molecule has 2 amide bonds. The summed E-state index contributed by atoms with van der Waals surface area (Å²) in [4.78, 5) is 31.0. The van der Waals surface area contributed by atoms with Gasteiger partial charge in [0, 0.05) is 39.3 Å². The van der Waals surface area contributed by atoms with E-state index in [9.17, 15) is 19.1 Å². The van der Waals surface area contributed by atoms with Crippen molar-refractivity contribution in [1.29, 1.82) is 0 Å². The van der Waals surface area contributed by atoms with Crippen molar-refractivity contribution in [2.75, 3.05) is 33.4 Å². The van der Waals surface area contributed by atoms with Gasteiger partial charge in [-0.1, -0.05) is 45.0 Å². The fourth-order valence-electron chi connectivity index (χ4n) is 5.58. The van der Waals surface area contributed by atoms with Gasteiger partial charge in [0.25, 0.3) is 5.91 Å². The van der Waals surface area contributed by atoms with Gasteiger partial charge in [-0.2, -0.15) is 0 Å². The molecule has 0 saturated carbocycles. The standard InChI is InChI=1S/C32H50FN5O5/c1-21(2)18-37(24-17-23(29(39)22(3)4)19-36(20-24)31(41)43-32(5,6)7)30(40)28-27(15-11-12-16-42-8)38(35-34-28)26-14-10-9-13-25(26)33/h9-10,13-14,21-24,29,39H,11-12,15-20H2,1-8H3/t23-,24+,29?/m1/s1. The van der Waals surface area contributed by atoms with E-state index in [-0.39, 0.29) is 41.6 Å². The van der Waals surface area contributed by atoms with Crippen molar-refractivity contribution in [1.82, 2.24) is 24.8 Å². The predicted octanol–water partition coefficient (Wildman–Crippen LogP) is 5.12. The van der Waals surface area contributed by atoms with E-state index in [1.165, 1.54) is 10.7 Å². The van der Waals surface area contributed by atoms with Crippen LogP contribution in [0.2, 0.25) is 0 Å². The number of ether oxygens (including phenoxy) is 2. The molecule has 1 unspecified atom stereocenters. The van der Waals surface area contributed by atoms with Crippen LogP contribution < -0.4 is 0 Å². The second kappa shape index (κ2) is 15.1. The first-order chi connectivity index (χ1) is 20.2. The van der Waals surface area contributed by atoms with Crippen LogP contribution in [0.4, 0.5) is 9.18 Å². The Bertz CT molecular complexity index is 1210. The molecule has 43 heavy (non-hydrogen) atoms. The van der Waals surface area contributed by atoms with E-state index in [4.69, 9.17) is 9.47 Å². The highest BCUT2D eigenvalue weighted by Crippen LogP contribution is 2.30. The molecule has 0 aliphatic carbocycles. The predicted molar refractivity (Wildman–Crippen MR) is 163 cm³/mol. The number of aromatic nitrogens is 3. The second-order valence-electron chi connectivity index (χ2n) is 13.3. The zero-order valence-corrected chi connectivity index (χ0v) is 27.0. The summed E-state index contributed by atoms with van der Waals surface area (Å²) in [5, 5.41) is 19.7. The number of amides is 2. The number of hydrogen-bond acceptors (Lipinski definition) is 7. The Labute approximate surface area is 255 Å². The van der Waals surface area contributed by atoms with E-state index >= 15 is 0 Å². The number of piperidine rings is 1. The van der Waals surface area contributed by atoms with E-state index in [1.807, 2.05) is 48.5 Å². The van der Waals surface area contributed by atoms with Crippen LogP contribution in [0.25, 0.3) is 5.69 Å². The Balaban J connectivity index is 2.03. The van der Waals surface area contributed by atoms with Crippen molar-refractivity contribution < 1.29 is 28.6 Å². The smallest absolute Gasteiger partial charge is 0.410 e. The fraction of sp³-hybridized carbons (Fsp3) is 0.688. The molecule has 0 bridgehead atoms. The van der Waals surface area contributed by atoms with Crippen LogP contribution in [0.3, 0.4) is 0 Å². The molecule has 10 nitrogen and oxygen atoms in total. The third-order valence-electron chi connectivity index (χ3n) is 7.60. The van der Waals surface area contributed by atoms with E-state index in [2.05, 4.69) is 10.3 Å². The highest BCUT2D eigenvalue weighted by Gasteiger charge is 2.41. The first kappa shape index (κ1) is 34.4. The monoisotopic (exact) mass is 603 g/mol. The highest BCUT2D eigenvalue weighted by molar-refractivity contribution is 5.93. The summed E-state index contributed by atoms with van der Waals surface area (Å²) >= 11 is 0. The van der Waals surface area contributed by atoms with Gasteiger partial charge in [-0.25, -0.2) is 13.9 Å². The quantitative estimate of drug-likeness (QED) is 0.336. The van der Waals surface area contributed by atoms with Crippen molar-refractivity contribution in [3.8, 4) is 5.69 Å². The molecule has 3 rings (SSSR count). The molecule has 0 radical (unpaired) electrons. The van der Waals surface area contributed by atoms with Crippen molar-refractivity contribution in [2.24, 2.45) is 17.8 Å². The first-order valence-corrected chi connectivity index (χ1v) is 15.4. The topological polar surface area (TPSA) is 110 Å². The maximum absolute atomic E-state index is 14.9. The van der Waals surface area contributed by atoms with Gasteiger partial charge in [0.1, 0.15) is 17.1 Å². The number of benzene rings is 1. The second-order valence-corrected chi connectivity index (χ2v) is 13.3. The molecule has 2 heterocycles. The minimum atomic E-state index is -0.688. The minimum Gasteiger partial charge on any atom is -0.444 e. The number of halogens is 1. The Hall–Kier alpha value is -3.05. The van der Waals surface area contributed by atoms with Crippen molar-refractivity contribution in [3.05, 3.63) is 41.5 Å². The zero-order valence-electron chi connectivity index (χ0n) is 27.0. The average Bonchev–Trinajstić information content (AvgIpc) is 3.35. The molecular weight excluding hydrogens is 553 g/mol. The zero-order chi connectivity index (χ0) is 31.9. The lowest BCUT2D eigenvalue weighted by molar-refractivity contribution is -0.0271. The number of aliphatic hydroxyl groups is 1. The Morgan fingerprint density at radius 3 is 2.44 bits per heavy atom. The minimum absolute atomic E-state index is 0.0298. The third-order valence-corrected chi connectivity index (χ3v) is 7.60. The van der Waals surface area contributed by atoms with E-state index in [1.54, 1.807) is 35.1 Å². The van der Waals surface area contributed by atoms with Crippen LogP contribution in [0.5, 0.6) is 0 Å². The van der Waals surface area contributed by atoms with Gasteiger partial charge in [0.15, 0.2) is 5.69 Å². The number of methoxy groups -OCH3 is 1. The molecule has 1 N–H and O–H groups in total. The molecule has 1 fully saturated rings. The van der Waals surface area contributed by atoms with Crippen molar-refractivity contribution in [2.45, 2.75) is 91.9 Å². The number of nitrogens with zero attached hydrogens (tertiary/aromatic N) is 5. The van der Waals surface area contributed by atoms with Gasteiger partial charge in [-0.3, -0.25) is 4.79 Å². The lowest BCUT2D eigenvalue weighted by Gasteiger charge is -2.45. The highest BCUT2D eigenvalue weighted by atomic mass is 19.1. The van der Waals surface area contributed by atoms with Crippen LogP contribution in [0.1, 0.15) is 83.9 Å². The van der Waals surface area contributed by atoms with E-state index in [0.29, 0.717) is 44.7 Å². The van der Waals surface area contributed by atoms with Gasteiger partial charge in [0.05, 0.1) is 17.8 Å². The summed E-state index contributed by atoms with van der Waals surface area (Å²) < 4.78 is 27.2. The summed E-state index contributed by atoms with van der Waals surface area (Å²) in [6.07, 6.45) is 1.27. The van der Waals surface area contributed by atoms with Crippen LogP contribution >= 0.6 is 0 Å². The average molecular weight is 604 g/mol. The number of aliphatic hydroxyl groups excluding tert-OH is 1. The molecule has 3 atom stereocenters. The van der Waals surface area contributed by atoms with Crippen LogP contribution in [-0.4, -0.2) is 93.0 Å². The lowest BCUT2D eigenvalue weighted by atomic mass is 9.84. The SMILES string of the molecule is COCCCCc1c(C(=O)N(CC(C)C)[C@H]2C[C@@H](C(O)C(C)C)CN(C(=O)OC(C)(C)C)C2)nnn1-c1ccccc1F. The maximum atomic E-state index is 14.9. The molecule has 1 aromatic carbocycles. The molecule has 11 heteroatoms. The molecule has 0 spiro atoms. The molecule has 1 saturated heterocycles. The summed E-state index contributed by atoms with van der Waals surface area (Å²) in [5.74, 6) is -0.962. The number of unbranched alkanes of at least 4 members (excludes halogenated alkanes) is 1. The molecular formula is C32H50FN5O5. The number of para-hydroxylation sites is 1. The summed E-state index contributed by atoms with van der Waals surface area (Å²) in [7, 11) is 1.64. The van der Waals surface area contributed by atoms with Crippen LogP contribution in [0.15, 0.2) is 24.3 Å². The van der Waals surface area contributed by atoms with Gasteiger partial charge >= 0.3 is 6.09 Å². The van der Waals surface area contributed by atoms with Crippen molar-refractivity contribution >= 4 is 12.0 Å². The Morgan fingerprint density at radius 1 is 1.14 bits per heavy atom. The van der Waals surface area contributed by atoms with Gasteiger partial charge < -0.3 is 24.4 Å². The van der Waals surface area contributed by atoms with Crippen molar-refractivity contribution in [3.63, 3.8) is 0 Å². The number of rotatable bonds is 12. The van der Waals surface area contributed by atoms with Gasteiger partial charge in [0.2, 0.25) is 0 Å². The summed E-state index contributed by atoms with van der Waals surface area (Å²) in [6.45, 7) is 14.9. The third kappa shape index (κ3) is 9.22. The van der Waals surface area contributed by atoms with Gasteiger partial charge in [-0.15, -0.1) is 5.10 Å². The lowest BCUT2D eigenvalue weighted by Crippen LogP contribution is -2.57. The molecule has 1 aromatic heterocycles. The van der Waals surface area contributed by atoms with Crippen LogP contribution in [0, 0.1) is 23.6 Å². The number of carbonyl (C=O) groups excluding carboxylic acids is 2. The number of likely N-dealkylation sites (tertiary alicyclic amines) is 1. The van der Waals surface area contributed by atoms with E-state index < -0.39 is 29.7 Å². The Kier molecular flexibility index (Phi) is 12.1. The summed E-state index contributed by atoms with van der Waals surface area (Å²) in [5.41, 5.74) is 0.224. The molecule has 1 aliphatic rings. The largest absolute Gasteiger partial charge is 0.444 e. The first-order valence-electron chi connectivity index (χ1n) is 15.4. The number of carbonyl (C=O) groups is 2. The normalized spacial score (nSPS) is 18.3. The summed E-state index contributed by atoms with van der Waals surface area (Å²) in [6, 6.07) is 5.89. The van der Waals surface area contributed by atoms with E-state index in [0.717, 1.165) is 6.42 Å². The van der Waals surface area contributed by atoms with Crippen LogP contribution in [-0.2, 0) is 15.9 Å².